The Morgan fingerprint density at radius 1 is 1.23 bits per heavy atom. The van der Waals surface area contributed by atoms with Gasteiger partial charge < -0.3 is 14.4 Å². The highest BCUT2D eigenvalue weighted by Crippen LogP contribution is 2.44. The molecular weight excluding hydrogens is 342 g/mol. The average Bonchev–Trinajstić information content (AvgIpc) is 3.09. The highest BCUT2D eigenvalue weighted by Gasteiger charge is 2.67. The molecule has 1 N–H and O–H groups in total. The van der Waals surface area contributed by atoms with E-state index in [0.29, 0.717) is 13.0 Å². The van der Waals surface area contributed by atoms with Crippen molar-refractivity contribution in [3.05, 3.63) is 0 Å². The number of rotatable bonds is 7. The van der Waals surface area contributed by atoms with Crippen LogP contribution in [0.15, 0.2) is 0 Å². The zero-order valence-electron chi connectivity index (χ0n) is 15.9. The molecule has 0 spiro atoms. The molecule has 0 aliphatic carbocycles. The molecule has 0 aromatic carbocycles. The minimum Gasteiger partial charge on any atom is -0.468 e. The van der Waals surface area contributed by atoms with Crippen LogP contribution in [-0.4, -0.2) is 86.0 Å². The highest BCUT2D eigenvalue weighted by atomic mass is 16.5. The molecule has 0 aromatic heterocycles. The van der Waals surface area contributed by atoms with Gasteiger partial charge in [-0.1, -0.05) is 6.92 Å². The monoisotopic (exact) mass is 369 g/mol. The van der Waals surface area contributed by atoms with Crippen molar-refractivity contribution in [2.45, 2.75) is 31.8 Å². The van der Waals surface area contributed by atoms with Crippen molar-refractivity contribution in [2.24, 2.45) is 11.8 Å². The van der Waals surface area contributed by atoms with Crippen molar-refractivity contribution in [2.75, 3.05) is 41.0 Å². The second kappa shape index (κ2) is 7.71. The Morgan fingerprint density at radius 3 is 2.38 bits per heavy atom. The summed E-state index contributed by atoms with van der Waals surface area (Å²) < 4.78 is 9.83. The lowest BCUT2D eigenvalue weighted by Crippen LogP contribution is -2.58. The maximum atomic E-state index is 12.7. The second-order valence-electron chi connectivity index (χ2n) is 6.67. The van der Waals surface area contributed by atoms with Crippen LogP contribution in [0.1, 0.15) is 20.3 Å². The fraction of sp³-hybridized carbons (Fsp3) is 0.765. The summed E-state index contributed by atoms with van der Waals surface area (Å²) in [6.45, 7) is 4.14. The molecule has 26 heavy (non-hydrogen) atoms. The van der Waals surface area contributed by atoms with Crippen LogP contribution >= 0.6 is 0 Å². The van der Waals surface area contributed by atoms with Gasteiger partial charge in [0.25, 0.3) is 0 Å². The maximum Gasteiger partial charge on any atom is 0.326 e. The Labute approximate surface area is 153 Å². The van der Waals surface area contributed by atoms with Crippen molar-refractivity contribution in [3.63, 3.8) is 0 Å². The Balaban J connectivity index is 2.39. The number of methoxy groups -OCH3 is 2. The van der Waals surface area contributed by atoms with Crippen LogP contribution in [-0.2, 0) is 28.7 Å². The van der Waals surface area contributed by atoms with E-state index in [2.05, 4.69) is 5.32 Å². The average molecular weight is 369 g/mol. The molecule has 2 heterocycles. The topological polar surface area (TPSA) is 105 Å². The van der Waals surface area contributed by atoms with Gasteiger partial charge in [-0.2, -0.15) is 0 Å². The summed E-state index contributed by atoms with van der Waals surface area (Å²) in [7, 11) is 4.11. The fourth-order valence-corrected chi connectivity index (χ4v) is 4.12. The molecule has 3 amide bonds. The van der Waals surface area contributed by atoms with E-state index < -0.39 is 35.3 Å². The molecule has 2 aliphatic heterocycles. The van der Waals surface area contributed by atoms with E-state index >= 15 is 0 Å². The van der Waals surface area contributed by atoms with Gasteiger partial charge in [-0.3, -0.25) is 29.4 Å². The first-order valence-electron chi connectivity index (χ1n) is 8.73. The molecule has 2 saturated heterocycles. The van der Waals surface area contributed by atoms with Gasteiger partial charge in [-0.05, 0) is 13.3 Å². The number of hydrogen-bond acceptors (Lipinski definition) is 7. The number of carbonyl (C=O) groups is 4. The number of esters is 1. The molecule has 0 unspecified atom stereocenters. The molecular formula is C17H27N3O6. The summed E-state index contributed by atoms with van der Waals surface area (Å²) in [4.78, 5) is 52.7. The first-order valence-corrected chi connectivity index (χ1v) is 8.73. The van der Waals surface area contributed by atoms with Crippen molar-refractivity contribution in [1.29, 1.82) is 0 Å². The number of likely N-dealkylation sites (tertiary alicyclic amines) is 1. The first kappa shape index (κ1) is 20.3. The quantitative estimate of drug-likeness (QED) is 0.453. The molecule has 0 bridgehead atoms. The van der Waals surface area contributed by atoms with E-state index in [1.165, 1.54) is 21.3 Å². The van der Waals surface area contributed by atoms with Crippen molar-refractivity contribution in [3.8, 4) is 0 Å². The van der Waals surface area contributed by atoms with Crippen LogP contribution < -0.4 is 5.32 Å². The fourth-order valence-electron chi connectivity index (χ4n) is 4.12. The zero-order chi connectivity index (χ0) is 19.6. The smallest absolute Gasteiger partial charge is 0.326 e. The predicted molar refractivity (Wildman–Crippen MR) is 90.8 cm³/mol. The van der Waals surface area contributed by atoms with Crippen LogP contribution in [0.3, 0.4) is 0 Å². The van der Waals surface area contributed by atoms with E-state index in [1.54, 1.807) is 11.8 Å². The minimum absolute atomic E-state index is 0.0721. The lowest BCUT2D eigenvalue weighted by Gasteiger charge is -2.32. The Bertz CT molecular complexity index is 609. The van der Waals surface area contributed by atoms with Crippen LogP contribution in [0.25, 0.3) is 0 Å². The molecule has 0 aromatic rings. The van der Waals surface area contributed by atoms with Crippen LogP contribution in [0, 0.1) is 11.8 Å². The Kier molecular flexibility index (Phi) is 6.02. The minimum atomic E-state index is -1.27. The third-order valence-corrected chi connectivity index (χ3v) is 5.51. The van der Waals surface area contributed by atoms with E-state index in [1.807, 2.05) is 6.92 Å². The van der Waals surface area contributed by atoms with Gasteiger partial charge in [0.15, 0.2) is 0 Å². The largest absolute Gasteiger partial charge is 0.468 e. The van der Waals surface area contributed by atoms with Crippen LogP contribution in [0.2, 0.25) is 0 Å². The molecule has 0 saturated carbocycles. The summed E-state index contributed by atoms with van der Waals surface area (Å²) in [5.41, 5.74) is -1.27. The van der Waals surface area contributed by atoms with Gasteiger partial charge in [-0.15, -0.1) is 0 Å². The summed E-state index contributed by atoms with van der Waals surface area (Å²) in [6.07, 6.45) is 0.294. The molecule has 2 rings (SSSR count). The summed E-state index contributed by atoms with van der Waals surface area (Å²) >= 11 is 0. The number of fused-ring (bicyclic) bond motifs is 1. The zero-order valence-corrected chi connectivity index (χ0v) is 15.9. The van der Waals surface area contributed by atoms with E-state index in [9.17, 15) is 19.2 Å². The number of nitrogens with zero attached hydrogens (tertiary/aromatic N) is 2. The number of nitrogens with one attached hydrogen (secondary N) is 1. The van der Waals surface area contributed by atoms with Gasteiger partial charge in [0.2, 0.25) is 17.7 Å². The Morgan fingerprint density at radius 2 is 1.88 bits per heavy atom. The normalized spacial score (nSPS) is 30.5. The second-order valence-corrected chi connectivity index (χ2v) is 6.67. The number of likely N-dealkylation sites (N-methyl/N-ethyl adjacent to an activating group) is 1. The highest BCUT2D eigenvalue weighted by molar-refractivity contribution is 6.09. The third kappa shape index (κ3) is 2.99. The van der Waals surface area contributed by atoms with E-state index in [4.69, 9.17) is 9.47 Å². The maximum absolute atomic E-state index is 12.7. The predicted octanol–water partition coefficient (Wildman–Crippen LogP) is -0.994. The van der Waals surface area contributed by atoms with Gasteiger partial charge in [0.1, 0.15) is 12.1 Å². The number of imide groups is 1. The van der Waals surface area contributed by atoms with Gasteiger partial charge >= 0.3 is 5.97 Å². The number of carbonyl (C=O) groups excluding carboxylic acids is 4. The molecule has 4 atom stereocenters. The number of hydrogen-bond donors (Lipinski definition) is 1. The van der Waals surface area contributed by atoms with Gasteiger partial charge in [0, 0.05) is 33.3 Å². The Hall–Kier alpha value is -2.00. The molecule has 2 fully saturated rings. The van der Waals surface area contributed by atoms with Crippen molar-refractivity contribution < 1.29 is 28.7 Å². The van der Waals surface area contributed by atoms with Crippen molar-refractivity contribution in [1.82, 2.24) is 15.1 Å². The molecule has 9 heteroatoms. The summed E-state index contributed by atoms with van der Waals surface area (Å²) in [5.74, 6) is -3.07. The van der Waals surface area contributed by atoms with Gasteiger partial charge in [0.05, 0.1) is 18.9 Å². The molecule has 146 valence electrons. The third-order valence-electron chi connectivity index (χ3n) is 5.51. The first-order chi connectivity index (χ1) is 12.3. The standard InChI is InChI=1S/C17H27N3O6/c1-6-17(16(24)26-5)13-12(14(22)19(3)15(13)23)10(18-17)8-20(7-2)11(21)9-25-4/h10,12-13,18H,6-9H2,1-5H3/t10-,12+,13-,17-/m1/s1. The van der Waals surface area contributed by atoms with E-state index in [0.717, 1.165) is 4.90 Å². The van der Waals surface area contributed by atoms with Gasteiger partial charge in [-0.25, -0.2) is 0 Å². The molecule has 2 aliphatic rings. The summed E-state index contributed by atoms with van der Waals surface area (Å²) in [6, 6.07) is -0.527. The SMILES string of the molecule is CCN(C[C@H]1N[C@@](CC)(C(=O)OC)[C@H]2C(=O)N(C)C(=O)[C@@H]12)C(=O)COC. The number of ether oxygens (including phenoxy) is 2. The number of amides is 3. The van der Waals surface area contributed by atoms with Crippen molar-refractivity contribution >= 4 is 23.7 Å². The van der Waals surface area contributed by atoms with Crippen LogP contribution in [0.4, 0.5) is 0 Å². The molecule has 9 nitrogen and oxygen atoms in total. The lowest BCUT2D eigenvalue weighted by atomic mass is 9.78. The lowest BCUT2D eigenvalue weighted by molar-refractivity contribution is -0.154. The summed E-state index contributed by atoms with van der Waals surface area (Å²) in [5, 5.41) is 3.17. The molecule has 0 radical (unpaired) electrons. The van der Waals surface area contributed by atoms with Crippen LogP contribution in [0.5, 0.6) is 0 Å². The van der Waals surface area contributed by atoms with E-state index in [-0.39, 0.29) is 25.0 Å².